The van der Waals surface area contributed by atoms with Crippen LogP contribution >= 0.6 is 23.2 Å². The Balaban J connectivity index is 2.10. The largest absolute Gasteiger partial charge is 0.350 e. The molecule has 0 aliphatic heterocycles. The van der Waals surface area contributed by atoms with Crippen molar-refractivity contribution >= 4 is 50.7 Å². The second kappa shape index (κ2) is 14.1. The Kier molecular flexibility index (Phi) is 11.3. The molecule has 0 radical (unpaired) electrons. The van der Waals surface area contributed by atoms with E-state index >= 15 is 0 Å². The molecular formula is C33H41Cl2N3O4S. The molecule has 3 rings (SSSR count). The van der Waals surface area contributed by atoms with Crippen molar-refractivity contribution in [1.82, 2.24) is 10.2 Å². The number of rotatable bonds is 11. The molecule has 0 fully saturated rings. The lowest BCUT2D eigenvalue weighted by Crippen LogP contribution is -2.55. The number of carbonyl (C=O) groups is 2. The summed E-state index contributed by atoms with van der Waals surface area (Å²) in [5, 5.41) is 3.64. The normalized spacial score (nSPS) is 12.6. The summed E-state index contributed by atoms with van der Waals surface area (Å²) in [5.41, 5.74) is 2.40. The first-order chi connectivity index (χ1) is 20.0. The predicted octanol–water partition coefficient (Wildman–Crippen LogP) is 7.34. The quantitative estimate of drug-likeness (QED) is 0.236. The molecule has 0 heterocycles. The number of hydrogen-bond donors (Lipinski definition) is 1. The SMILES string of the molecule is CC[C@H](C(=O)NC(C)(C)C)N(Cc1ccc(Cl)c(Cl)c1)C(=O)CN(c1ccc(C(C)C)cc1)S(=O)(=O)c1ccc(C)cc1. The number of benzene rings is 3. The van der Waals surface area contributed by atoms with Crippen LogP contribution in [0.1, 0.15) is 70.6 Å². The van der Waals surface area contributed by atoms with E-state index in [1.807, 2.05) is 60.6 Å². The molecule has 0 spiro atoms. The van der Waals surface area contributed by atoms with E-state index < -0.39 is 34.1 Å². The lowest BCUT2D eigenvalue weighted by atomic mass is 10.0. The fraction of sp³-hybridized carbons (Fsp3) is 0.394. The lowest BCUT2D eigenvalue weighted by Gasteiger charge is -2.35. The van der Waals surface area contributed by atoms with E-state index in [1.165, 1.54) is 17.0 Å². The Morgan fingerprint density at radius 1 is 0.907 bits per heavy atom. The molecule has 0 bridgehead atoms. The van der Waals surface area contributed by atoms with Gasteiger partial charge in [-0.2, -0.15) is 0 Å². The fourth-order valence-corrected chi connectivity index (χ4v) is 6.33. The van der Waals surface area contributed by atoms with Gasteiger partial charge in [-0.25, -0.2) is 8.42 Å². The van der Waals surface area contributed by atoms with E-state index in [2.05, 4.69) is 5.32 Å². The molecule has 43 heavy (non-hydrogen) atoms. The molecule has 1 atom stereocenters. The van der Waals surface area contributed by atoms with Gasteiger partial charge >= 0.3 is 0 Å². The second-order valence-corrected chi connectivity index (χ2v) is 14.7. The van der Waals surface area contributed by atoms with Gasteiger partial charge in [0.05, 0.1) is 20.6 Å². The minimum Gasteiger partial charge on any atom is -0.350 e. The standard InChI is InChI=1S/C33H41Cl2N3O4S/c1-8-30(32(40)36-33(5,6)7)37(20-24-11-18-28(34)29(35)19-24)31(39)21-38(26-14-12-25(13-15-26)22(2)3)43(41,42)27-16-9-23(4)10-17-27/h9-19,22,30H,8,20-21H2,1-7H3,(H,36,40)/t30-/m1/s1. The maximum Gasteiger partial charge on any atom is 0.264 e. The first kappa shape index (κ1) is 34.4. The van der Waals surface area contributed by atoms with Crippen LogP contribution in [0.3, 0.4) is 0 Å². The minimum absolute atomic E-state index is 0.0243. The molecule has 1 N–H and O–H groups in total. The zero-order valence-electron chi connectivity index (χ0n) is 25.8. The number of aryl methyl sites for hydroxylation is 1. The van der Waals surface area contributed by atoms with Crippen molar-refractivity contribution in [3.8, 4) is 0 Å². The lowest BCUT2D eigenvalue weighted by molar-refractivity contribution is -0.141. The number of sulfonamides is 1. The van der Waals surface area contributed by atoms with Crippen LogP contribution in [0.25, 0.3) is 0 Å². The molecular weight excluding hydrogens is 605 g/mol. The highest BCUT2D eigenvalue weighted by atomic mass is 35.5. The Bertz CT molecular complexity index is 1530. The highest BCUT2D eigenvalue weighted by molar-refractivity contribution is 7.92. The first-order valence-electron chi connectivity index (χ1n) is 14.3. The summed E-state index contributed by atoms with van der Waals surface area (Å²) < 4.78 is 29.2. The second-order valence-electron chi connectivity index (χ2n) is 12.0. The van der Waals surface area contributed by atoms with Crippen molar-refractivity contribution in [2.75, 3.05) is 10.8 Å². The van der Waals surface area contributed by atoms with Gasteiger partial charge in [-0.3, -0.25) is 13.9 Å². The minimum atomic E-state index is -4.15. The van der Waals surface area contributed by atoms with E-state index in [0.717, 1.165) is 15.4 Å². The molecule has 2 amide bonds. The summed E-state index contributed by atoms with van der Waals surface area (Å²) in [4.78, 5) is 29.2. The number of carbonyl (C=O) groups excluding carboxylic acids is 2. The van der Waals surface area contributed by atoms with Crippen molar-refractivity contribution < 1.29 is 18.0 Å². The Morgan fingerprint density at radius 3 is 2.02 bits per heavy atom. The van der Waals surface area contributed by atoms with Gasteiger partial charge in [0.1, 0.15) is 12.6 Å². The number of halogens is 2. The Morgan fingerprint density at radius 2 is 1.51 bits per heavy atom. The molecule has 0 saturated carbocycles. The average Bonchev–Trinajstić information content (AvgIpc) is 2.92. The van der Waals surface area contributed by atoms with Crippen molar-refractivity contribution in [3.63, 3.8) is 0 Å². The highest BCUT2D eigenvalue weighted by Crippen LogP contribution is 2.28. The molecule has 3 aromatic rings. The van der Waals surface area contributed by atoms with Crippen LogP contribution in [0.4, 0.5) is 5.69 Å². The molecule has 0 aliphatic carbocycles. The number of amides is 2. The first-order valence-corrected chi connectivity index (χ1v) is 16.5. The van der Waals surface area contributed by atoms with Crippen molar-refractivity contribution in [1.29, 1.82) is 0 Å². The highest BCUT2D eigenvalue weighted by Gasteiger charge is 2.34. The fourth-order valence-electron chi connectivity index (χ4n) is 4.60. The van der Waals surface area contributed by atoms with Gasteiger partial charge < -0.3 is 10.2 Å². The summed E-state index contributed by atoms with van der Waals surface area (Å²) in [6.45, 7) is 12.9. The maximum atomic E-state index is 14.2. The van der Waals surface area contributed by atoms with E-state index in [9.17, 15) is 18.0 Å². The van der Waals surface area contributed by atoms with Gasteiger partial charge in [0.25, 0.3) is 10.0 Å². The summed E-state index contributed by atoms with van der Waals surface area (Å²) in [5.74, 6) is -0.630. The average molecular weight is 647 g/mol. The third kappa shape index (κ3) is 8.97. The summed E-state index contributed by atoms with van der Waals surface area (Å²) in [7, 11) is -4.15. The molecule has 232 valence electrons. The zero-order valence-corrected chi connectivity index (χ0v) is 28.1. The number of nitrogens with one attached hydrogen (secondary N) is 1. The van der Waals surface area contributed by atoms with E-state index in [1.54, 1.807) is 42.5 Å². The molecule has 0 aromatic heterocycles. The molecule has 10 heteroatoms. The van der Waals surface area contributed by atoms with Crippen LogP contribution in [0.2, 0.25) is 10.0 Å². The Hall–Kier alpha value is -3.07. The van der Waals surface area contributed by atoms with E-state index in [0.29, 0.717) is 27.7 Å². The molecule has 7 nitrogen and oxygen atoms in total. The van der Waals surface area contributed by atoms with Gasteiger partial charge in [0.15, 0.2) is 0 Å². The van der Waals surface area contributed by atoms with Crippen LogP contribution in [0.15, 0.2) is 71.6 Å². The van der Waals surface area contributed by atoms with Gasteiger partial charge in [-0.05, 0) is 87.6 Å². The number of nitrogens with zero attached hydrogens (tertiary/aromatic N) is 2. The van der Waals surface area contributed by atoms with E-state index in [-0.39, 0.29) is 23.3 Å². The van der Waals surface area contributed by atoms with Crippen LogP contribution in [-0.4, -0.2) is 43.3 Å². The Labute approximate surface area is 266 Å². The maximum absolute atomic E-state index is 14.2. The third-order valence-corrected chi connectivity index (χ3v) is 9.48. The van der Waals surface area contributed by atoms with Gasteiger partial charge in [0, 0.05) is 12.1 Å². The van der Waals surface area contributed by atoms with Crippen LogP contribution in [0, 0.1) is 6.92 Å². The van der Waals surface area contributed by atoms with Crippen LogP contribution < -0.4 is 9.62 Å². The summed E-state index contributed by atoms with van der Waals surface area (Å²) in [6.07, 6.45) is 0.308. The molecule has 0 aliphatic rings. The summed E-state index contributed by atoms with van der Waals surface area (Å²) in [6, 6.07) is 17.8. The monoisotopic (exact) mass is 645 g/mol. The predicted molar refractivity (Wildman–Crippen MR) is 175 cm³/mol. The van der Waals surface area contributed by atoms with E-state index in [4.69, 9.17) is 23.2 Å². The number of anilines is 1. The van der Waals surface area contributed by atoms with Gasteiger partial charge in [-0.1, -0.05) is 79.9 Å². The topological polar surface area (TPSA) is 86.8 Å². The van der Waals surface area contributed by atoms with Crippen LogP contribution in [-0.2, 0) is 26.2 Å². The zero-order chi connectivity index (χ0) is 32.1. The smallest absolute Gasteiger partial charge is 0.264 e. The number of hydrogen-bond acceptors (Lipinski definition) is 4. The van der Waals surface area contributed by atoms with Crippen LogP contribution in [0.5, 0.6) is 0 Å². The van der Waals surface area contributed by atoms with Crippen molar-refractivity contribution in [2.24, 2.45) is 0 Å². The molecule has 0 unspecified atom stereocenters. The van der Waals surface area contributed by atoms with Gasteiger partial charge in [-0.15, -0.1) is 0 Å². The summed E-state index contributed by atoms with van der Waals surface area (Å²) >= 11 is 12.4. The van der Waals surface area contributed by atoms with Crippen molar-refractivity contribution in [3.05, 3.63) is 93.5 Å². The third-order valence-electron chi connectivity index (χ3n) is 6.96. The molecule has 0 saturated heterocycles. The van der Waals surface area contributed by atoms with Gasteiger partial charge in [0.2, 0.25) is 11.8 Å². The van der Waals surface area contributed by atoms with Crippen molar-refractivity contribution in [2.45, 2.75) is 83.8 Å². The molecule has 3 aromatic carbocycles.